The summed E-state index contributed by atoms with van der Waals surface area (Å²) in [5.74, 6) is 0.737. The lowest BCUT2D eigenvalue weighted by Crippen LogP contribution is -2.33. The summed E-state index contributed by atoms with van der Waals surface area (Å²) in [7, 11) is 0. The first-order valence-corrected chi connectivity index (χ1v) is 6.41. The first-order chi connectivity index (χ1) is 7.38. The van der Waals surface area contributed by atoms with Gasteiger partial charge in [0, 0.05) is 26.2 Å². The minimum absolute atomic E-state index is 0.501. The summed E-state index contributed by atoms with van der Waals surface area (Å²) in [6.45, 7) is 9.77. The average molecular weight is 214 g/mol. The van der Waals surface area contributed by atoms with Crippen molar-refractivity contribution in [2.24, 2.45) is 5.92 Å². The summed E-state index contributed by atoms with van der Waals surface area (Å²) in [6, 6.07) is 0. The summed E-state index contributed by atoms with van der Waals surface area (Å²) in [6.07, 6.45) is 4.10. The Hall–Kier alpha value is -0.120. The Balaban J connectivity index is 1.95. The molecule has 0 aromatic carbocycles. The minimum Gasteiger partial charge on any atom is -0.378 e. The Kier molecular flexibility index (Phi) is 6.98. The van der Waals surface area contributed by atoms with Crippen LogP contribution in [0.3, 0.4) is 0 Å². The summed E-state index contributed by atoms with van der Waals surface area (Å²) in [5.41, 5.74) is 0. The van der Waals surface area contributed by atoms with E-state index in [1.807, 2.05) is 0 Å². The molecule has 1 aliphatic heterocycles. The molecular weight excluding hydrogens is 188 g/mol. The van der Waals surface area contributed by atoms with Crippen molar-refractivity contribution >= 4 is 0 Å². The van der Waals surface area contributed by atoms with Crippen LogP contribution in [0.25, 0.3) is 0 Å². The van der Waals surface area contributed by atoms with Crippen molar-refractivity contribution in [1.82, 2.24) is 10.6 Å². The van der Waals surface area contributed by atoms with Crippen molar-refractivity contribution < 1.29 is 4.74 Å². The maximum absolute atomic E-state index is 5.65. The molecule has 90 valence electrons. The monoisotopic (exact) mass is 214 g/mol. The molecule has 2 atom stereocenters. The maximum atomic E-state index is 5.65. The molecule has 1 fully saturated rings. The van der Waals surface area contributed by atoms with Crippen LogP contribution in [0.4, 0.5) is 0 Å². The normalized spacial score (nSPS) is 26.0. The standard InChI is InChI=1S/C12H26N2O/c1-3-6-13-7-8-14-10-11-5-9-15-12(11)4-2/h11-14H,3-10H2,1-2H3. The fraction of sp³-hybridized carbons (Fsp3) is 1.00. The molecule has 3 nitrogen and oxygen atoms in total. The topological polar surface area (TPSA) is 33.3 Å². The van der Waals surface area contributed by atoms with Crippen LogP contribution >= 0.6 is 0 Å². The van der Waals surface area contributed by atoms with Crippen LogP contribution in [0.2, 0.25) is 0 Å². The zero-order valence-electron chi connectivity index (χ0n) is 10.2. The van der Waals surface area contributed by atoms with Gasteiger partial charge in [0.2, 0.25) is 0 Å². The lowest BCUT2D eigenvalue weighted by atomic mass is 10.00. The van der Waals surface area contributed by atoms with Gasteiger partial charge in [0.15, 0.2) is 0 Å². The third-order valence-corrected chi connectivity index (χ3v) is 3.06. The zero-order chi connectivity index (χ0) is 10.9. The molecule has 0 aromatic heterocycles. The Morgan fingerprint density at radius 3 is 2.67 bits per heavy atom. The van der Waals surface area contributed by atoms with Gasteiger partial charge in [0.25, 0.3) is 0 Å². The molecule has 1 saturated heterocycles. The van der Waals surface area contributed by atoms with E-state index in [9.17, 15) is 0 Å². The molecule has 0 aliphatic carbocycles. The predicted octanol–water partition coefficient (Wildman–Crippen LogP) is 1.39. The molecule has 1 heterocycles. The predicted molar refractivity (Wildman–Crippen MR) is 64.2 cm³/mol. The summed E-state index contributed by atoms with van der Waals surface area (Å²) < 4.78 is 5.65. The van der Waals surface area contributed by atoms with E-state index in [4.69, 9.17) is 4.74 Å². The van der Waals surface area contributed by atoms with E-state index in [2.05, 4.69) is 24.5 Å². The van der Waals surface area contributed by atoms with E-state index in [-0.39, 0.29) is 0 Å². The smallest absolute Gasteiger partial charge is 0.0613 e. The largest absolute Gasteiger partial charge is 0.378 e. The van der Waals surface area contributed by atoms with E-state index < -0.39 is 0 Å². The molecule has 2 unspecified atom stereocenters. The summed E-state index contributed by atoms with van der Waals surface area (Å²) in [4.78, 5) is 0. The summed E-state index contributed by atoms with van der Waals surface area (Å²) >= 11 is 0. The number of hydrogen-bond acceptors (Lipinski definition) is 3. The molecule has 1 rings (SSSR count). The molecule has 0 saturated carbocycles. The van der Waals surface area contributed by atoms with Crippen LogP contribution in [0.15, 0.2) is 0 Å². The lowest BCUT2D eigenvalue weighted by molar-refractivity contribution is 0.0873. The van der Waals surface area contributed by atoms with Gasteiger partial charge in [-0.3, -0.25) is 0 Å². The third-order valence-electron chi connectivity index (χ3n) is 3.06. The molecule has 1 aliphatic rings. The minimum atomic E-state index is 0.501. The van der Waals surface area contributed by atoms with Crippen LogP contribution < -0.4 is 10.6 Å². The highest BCUT2D eigenvalue weighted by atomic mass is 16.5. The Morgan fingerprint density at radius 1 is 1.13 bits per heavy atom. The van der Waals surface area contributed by atoms with Crippen molar-refractivity contribution in [1.29, 1.82) is 0 Å². The third kappa shape index (κ3) is 4.96. The van der Waals surface area contributed by atoms with Gasteiger partial charge in [0.05, 0.1) is 6.10 Å². The molecular formula is C12H26N2O. The quantitative estimate of drug-likeness (QED) is 0.599. The van der Waals surface area contributed by atoms with E-state index in [0.717, 1.165) is 45.1 Å². The zero-order valence-corrected chi connectivity index (χ0v) is 10.2. The first kappa shape index (κ1) is 12.9. The Morgan fingerprint density at radius 2 is 1.93 bits per heavy atom. The number of ether oxygens (including phenoxy) is 1. The second-order valence-electron chi connectivity index (χ2n) is 4.32. The van der Waals surface area contributed by atoms with Crippen molar-refractivity contribution in [3.05, 3.63) is 0 Å². The molecule has 0 aromatic rings. The van der Waals surface area contributed by atoms with Gasteiger partial charge < -0.3 is 15.4 Å². The molecule has 0 radical (unpaired) electrons. The van der Waals surface area contributed by atoms with Gasteiger partial charge >= 0.3 is 0 Å². The van der Waals surface area contributed by atoms with Crippen LogP contribution in [0.5, 0.6) is 0 Å². The average Bonchev–Trinajstić information content (AvgIpc) is 2.70. The van der Waals surface area contributed by atoms with Crippen LogP contribution in [-0.2, 0) is 4.74 Å². The summed E-state index contributed by atoms with van der Waals surface area (Å²) in [5, 5.41) is 6.90. The molecule has 0 bridgehead atoms. The number of nitrogens with one attached hydrogen (secondary N) is 2. The van der Waals surface area contributed by atoms with Crippen LogP contribution in [-0.4, -0.2) is 38.9 Å². The van der Waals surface area contributed by atoms with Gasteiger partial charge in [0.1, 0.15) is 0 Å². The second-order valence-corrected chi connectivity index (χ2v) is 4.32. The van der Waals surface area contributed by atoms with Crippen LogP contribution in [0, 0.1) is 5.92 Å². The van der Waals surface area contributed by atoms with Gasteiger partial charge in [-0.05, 0) is 31.7 Å². The highest BCUT2D eigenvalue weighted by Crippen LogP contribution is 2.22. The SMILES string of the molecule is CCCNCCNCC1CCOC1CC. The lowest BCUT2D eigenvalue weighted by Gasteiger charge is -2.17. The Labute approximate surface area is 94.0 Å². The highest BCUT2D eigenvalue weighted by molar-refractivity contribution is 4.76. The van der Waals surface area contributed by atoms with E-state index in [0.29, 0.717) is 6.10 Å². The molecule has 2 N–H and O–H groups in total. The van der Waals surface area contributed by atoms with Crippen LogP contribution in [0.1, 0.15) is 33.1 Å². The van der Waals surface area contributed by atoms with Crippen molar-refractivity contribution in [2.75, 3.05) is 32.8 Å². The first-order valence-electron chi connectivity index (χ1n) is 6.41. The molecule has 3 heteroatoms. The maximum Gasteiger partial charge on any atom is 0.0613 e. The van der Waals surface area contributed by atoms with Gasteiger partial charge in [-0.2, -0.15) is 0 Å². The van der Waals surface area contributed by atoms with Crippen molar-refractivity contribution in [3.63, 3.8) is 0 Å². The fourth-order valence-corrected chi connectivity index (χ4v) is 2.14. The number of rotatable bonds is 8. The van der Waals surface area contributed by atoms with E-state index in [1.54, 1.807) is 0 Å². The molecule has 0 spiro atoms. The fourth-order valence-electron chi connectivity index (χ4n) is 2.14. The molecule has 15 heavy (non-hydrogen) atoms. The van der Waals surface area contributed by atoms with Gasteiger partial charge in [-0.25, -0.2) is 0 Å². The second kappa shape index (κ2) is 8.08. The Bertz CT molecular complexity index is 153. The van der Waals surface area contributed by atoms with Crippen molar-refractivity contribution in [3.8, 4) is 0 Å². The van der Waals surface area contributed by atoms with Gasteiger partial charge in [-0.1, -0.05) is 13.8 Å². The van der Waals surface area contributed by atoms with Gasteiger partial charge in [-0.15, -0.1) is 0 Å². The molecule has 0 amide bonds. The van der Waals surface area contributed by atoms with E-state index >= 15 is 0 Å². The van der Waals surface area contributed by atoms with Crippen molar-refractivity contribution in [2.45, 2.75) is 39.2 Å². The number of hydrogen-bond donors (Lipinski definition) is 2. The van der Waals surface area contributed by atoms with E-state index in [1.165, 1.54) is 12.8 Å². The highest BCUT2D eigenvalue weighted by Gasteiger charge is 2.25.